The van der Waals surface area contributed by atoms with Crippen LogP contribution in [0.4, 0.5) is 16.2 Å². The molecule has 11 heteroatoms. The van der Waals surface area contributed by atoms with Crippen LogP contribution in [0.2, 0.25) is 0 Å². The molecule has 35 heavy (non-hydrogen) atoms. The highest BCUT2D eigenvalue weighted by Gasteiger charge is 2.37. The molecule has 1 amide bonds. The molecule has 184 valence electrons. The van der Waals surface area contributed by atoms with Crippen LogP contribution in [-0.2, 0) is 33.0 Å². The van der Waals surface area contributed by atoms with Gasteiger partial charge in [0.25, 0.3) is 11.2 Å². The first kappa shape index (κ1) is 25.5. The first-order valence-electron chi connectivity index (χ1n) is 11.0. The van der Waals surface area contributed by atoms with Gasteiger partial charge in [-0.3, -0.25) is 20.2 Å². The van der Waals surface area contributed by atoms with E-state index in [4.69, 9.17) is 14.2 Å². The molecule has 0 atom stereocenters. The minimum atomic E-state index is -1.45. The lowest BCUT2D eigenvalue weighted by Crippen LogP contribution is -2.39. The molecule has 0 aliphatic carbocycles. The Labute approximate surface area is 201 Å². The van der Waals surface area contributed by atoms with E-state index >= 15 is 0 Å². The molecule has 0 saturated carbocycles. The highest BCUT2D eigenvalue weighted by atomic mass is 16.7. The molecule has 2 N–H and O–H groups in total. The van der Waals surface area contributed by atoms with Crippen LogP contribution < -0.4 is 10.9 Å². The highest BCUT2D eigenvalue weighted by molar-refractivity contribution is 5.83. The molecule has 0 fully saturated rings. The molecule has 0 aliphatic rings. The number of hydrogen-bond acceptors (Lipinski definition) is 8. The quantitative estimate of drug-likeness (QED) is 0.238. The molecule has 1 heterocycles. The first-order valence-corrected chi connectivity index (χ1v) is 11.0. The van der Waals surface area contributed by atoms with E-state index in [2.05, 4.69) is 15.3 Å². The van der Waals surface area contributed by atoms with Crippen LogP contribution in [0.1, 0.15) is 30.8 Å². The maximum absolute atomic E-state index is 12.7. The van der Waals surface area contributed by atoms with Crippen molar-refractivity contribution in [2.45, 2.75) is 32.7 Å². The number of H-pyrrole nitrogens is 1. The molecule has 0 spiro atoms. The summed E-state index contributed by atoms with van der Waals surface area (Å²) >= 11 is 0. The number of amides is 1. The Balaban J connectivity index is 1.80. The zero-order valence-corrected chi connectivity index (χ0v) is 19.4. The van der Waals surface area contributed by atoms with Crippen molar-refractivity contribution in [3.63, 3.8) is 0 Å². The van der Waals surface area contributed by atoms with Crippen LogP contribution in [0, 0.1) is 10.1 Å². The molecule has 0 unspecified atom stereocenters. The number of anilines is 1. The van der Waals surface area contributed by atoms with Gasteiger partial charge in [0.2, 0.25) is 5.79 Å². The summed E-state index contributed by atoms with van der Waals surface area (Å²) in [6.45, 7) is 4.05. The molecule has 1 aromatic heterocycles. The van der Waals surface area contributed by atoms with Crippen molar-refractivity contribution >= 4 is 17.5 Å². The summed E-state index contributed by atoms with van der Waals surface area (Å²) in [5, 5.41) is 13.3. The van der Waals surface area contributed by atoms with Crippen molar-refractivity contribution < 1.29 is 23.9 Å². The van der Waals surface area contributed by atoms with E-state index in [1.165, 1.54) is 18.3 Å². The van der Waals surface area contributed by atoms with Crippen LogP contribution in [0.3, 0.4) is 0 Å². The largest absolute Gasteiger partial charge is 0.444 e. The lowest BCUT2D eigenvalue weighted by atomic mass is 10.0. The van der Waals surface area contributed by atoms with Crippen molar-refractivity contribution in [3.8, 4) is 0 Å². The number of nitrogens with one attached hydrogen (secondary N) is 2. The third-order valence-corrected chi connectivity index (χ3v) is 4.95. The molecule has 0 aliphatic heterocycles. The van der Waals surface area contributed by atoms with Gasteiger partial charge in [0.05, 0.1) is 11.1 Å². The Hall–Kier alpha value is -4.09. The Bertz CT molecular complexity index is 1190. The van der Waals surface area contributed by atoms with Crippen molar-refractivity contribution in [3.05, 3.63) is 98.2 Å². The average molecular weight is 482 g/mol. The van der Waals surface area contributed by atoms with E-state index in [0.29, 0.717) is 5.56 Å². The summed E-state index contributed by atoms with van der Waals surface area (Å²) in [5.41, 5.74) is 0.692. The van der Waals surface area contributed by atoms with Gasteiger partial charge in [-0.2, -0.15) is 0 Å². The molecule has 11 nitrogen and oxygen atoms in total. The monoisotopic (exact) mass is 482 g/mol. The number of aromatic amines is 1. The van der Waals surface area contributed by atoms with Gasteiger partial charge in [0.15, 0.2) is 5.82 Å². The maximum atomic E-state index is 12.7. The summed E-state index contributed by atoms with van der Waals surface area (Å²) in [5.74, 6) is -1.36. The number of nitro benzene ring substituents is 1. The van der Waals surface area contributed by atoms with E-state index in [1.807, 2.05) is 30.3 Å². The van der Waals surface area contributed by atoms with Crippen LogP contribution in [-0.4, -0.2) is 34.2 Å². The minimum Gasteiger partial charge on any atom is -0.444 e. The second-order valence-corrected chi connectivity index (χ2v) is 7.38. The van der Waals surface area contributed by atoms with Gasteiger partial charge in [-0.05, 0) is 25.0 Å². The normalized spacial score (nSPS) is 11.1. The van der Waals surface area contributed by atoms with Gasteiger partial charge in [-0.1, -0.05) is 42.5 Å². The SMILES string of the molecule is CCOC(Cc1ccc([N+](=O)[O-])cc1)(OCC)c1ncc(NC(=O)OCc2ccccc2)c(=O)[nH]1. The molecule has 0 bridgehead atoms. The van der Waals surface area contributed by atoms with Crippen LogP contribution in [0.25, 0.3) is 0 Å². The van der Waals surface area contributed by atoms with Crippen molar-refractivity contribution in [2.24, 2.45) is 0 Å². The van der Waals surface area contributed by atoms with E-state index in [9.17, 15) is 19.7 Å². The summed E-state index contributed by atoms with van der Waals surface area (Å²) < 4.78 is 16.9. The molecule has 0 saturated heterocycles. The molecule has 2 aromatic carbocycles. The molecule has 0 radical (unpaired) electrons. The minimum absolute atomic E-state index is 0.0448. The van der Waals surface area contributed by atoms with E-state index < -0.39 is 22.4 Å². The summed E-state index contributed by atoms with van der Waals surface area (Å²) in [6.07, 6.45) is 0.517. The van der Waals surface area contributed by atoms with Crippen LogP contribution in [0.15, 0.2) is 65.6 Å². The fourth-order valence-electron chi connectivity index (χ4n) is 3.38. The summed E-state index contributed by atoms with van der Waals surface area (Å²) in [4.78, 5) is 42.2. The fourth-order valence-corrected chi connectivity index (χ4v) is 3.38. The zero-order valence-electron chi connectivity index (χ0n) is 19.4. The summed E-state index contributed by atoms with van der Waals surface area (Å²) in [6, 6.07) is 15.0. The van der Waals surface area contributed by atoms with Gasteiger partial charge in [-0.25, -0.2) is 9.78 Å². The average Bonchev–Trinajstić information content (AvgIpc) is 2.85. The number of aromatic nitrogens is 2. The Kier molecular flexibility index (Phi) is 8.65. The molecule has 3 rings (SSSR count). The smallest absolute Gasteiger partial charge is 0.412 e. The third-order valence-electron chi connectivity index (χ3n) is 4.95. The number of hydrogen-bond donors (Lipinski definition) is 2. The second-order valence-electron chi connectivity index (χ2n) is 7.38. The lowest BCUT2D eigenvalue weighted by Gasteiger charge is -2.32. The highest BCUT2D eigenvalue weighted by Crippen LogP contribution is 2.30. The molecular formula is C24H26N4O7. The van der Waals surface area contributed by atoms with Gasteiger partial charge < -0.3 is 19.2 Å². The van der Waals surface area contributed by atoms with Gasteiger partial charge in [0.1, 0.15) is 12.3 Å². The number of rotatable bonds is 11. The van der Waals surface area contributed by atoms with Crippen LogP contribution in [0.5, 0.6) is 0 Å². The van der Waals surface area contributed by atoms with Crippen LogP contribution >= 0.6 is 0 Å². The molecule has 3 aromatic rings. The fraction of sp³-hybridized carbons (Fsp3) is 0.292. The Morgan fingerprint density at radius 3 is 2.29 bits per heavy atom. The predicted molar refractivity (Wildman–Crippen MR) is 127 cm³/mol. The number of ether oxygens (including phenoxy) is 3. The van der Waals surface area contributed by atoms with Crippen molar-refractivity contribution in [1.82, 2.24) is 9.97 Å². The standard InChI is InChI=1S/C24H26N4O7/c1-3-34-24(35-4-2,14-17-10-12-19(13-11-17)28(31)32)22-25-15-20(21(29)27-22)26-23(30)33-16-18-8-6-5-7-9-18/h5-13,15H,3-4,14,16H2,1-2H3,(H,26,30)(H,25,27,29). The van der Waals surface area contributed by atoms with Crippen molar-refractivity contribution in [2.75, 3.05) is 18.5 Å². The topological polar surface area (TPSA) is 146 Å². The predicted octanol–water partition coefficient (Wildman–Crippen LogP) is 3.90. The van der Waals surface area contributed by atoms with Gasteiger partial charge in [-0.15, -0.1) is 0 Å². The molecular weight excluding hydrogens is 456 g/mol. The van der Waals surface area contributed by atoms with E-state index in [1.54, 1.807) is 26.0 Å². The van der Waals surface area contributed by atoms with Gasteiger partial charge >= 0.3 is 6.09 Å². The first-order chi connectivity index (χ1) is 16.9. The zero-order chi connectivity index (χ0) is 25.3. The number of carbonyl (C=O) groups excluding carboxylic acids is 1. The van der Waals surface area contributed by atoms with Gasteiger partial charge in [0, 0.05) is 31.8 Å². The lowest BCUT2D eigenvalue weighted by molar-refractivity contribution is -0.384. The number of benzene rings is 2. The number of nitrogens with zero attached hydrogens (tertiary/aromatic N) is 2. The second kappa shape index (κ2) is 11.9. The van der Waals surface area contributed by atoms with E-state index in [0.717, 1.165) is 5.56 Å². The third kappa shape index (κ3) is 6.71. The summed E-state index contributed by atoms with van der Waals surface area (Å²) in [7, 11) is 0. The number of carbonyl (C=O) groups is 1. The maximum Gasteiger partial charge on any atom is 0.412 e. The Morgan fingerprint density at radius 1 is 1.06 bits per heavy atom. The van der Waals surface area contributed by atoms with Crippen molar-refractivity contribution in [1.29, 1.82) is 0 Å². The number of non-ortho nitro benzene ring substituents is 1. The Morgan fingerprint density at radius 2 is 1.71 bits per heavy atom. The number of nitro groups is 1. The van der Waals surface area contributed by atoms with E-state index in [-0.39, 0.29) is 43.4 Å².